The minimum Gasteiger partial charge on any atom is -0.462 e. The summed E-state index contributed by atoms with van der Waals surface area (Å²) in [5, 5.41) is 0. The molecule has 8 heteroatoms. The molecule has 1 atom stereocenters. The number of ether oxygens (including phenoxy) is 3. The van der Waals surface area contributed by atoms with Gasteiger partial charge in [-0.1, -0.05) is 134 Å². The zero-order valence-electron chi connectivity index (χ0n) is 35.4. The highest BCUT2D eigenvalue weighted by Crippen LogP contribution is 2.18. The fraction of sp³-hybridized carbons (Fsp3) is 0.804. The summed E-state index contributed by atoms with van der Waals surface area (Å²) < 4.78 is 16.7. The number of rotatable bonds is 36. The Morgan fingerprint density at radius 1 is 0.574 bits per heavy atom. The van der Waals surface area contributed by atoms with E-state index in [1.54, 1.807) is 4.90 Å². The molecule has 0 radical (unpaired) electrons. The summed E-state index contributed by atoms with van der Waals surface area (Å²) >= 11 is 0. The molecular formula is C46H82N2O6. The van der Waals surface area contributed by atoms with Crippen LogP contribution in [0.1, 0.15) is 181 Å². The smallest absolute Gasteiger partial charge is 0.409 e. The van der Waals surface area contributed by atoms with Crippen molar-refractivity contribution in [2.24, 2.45) is 5.92 Å². The standard InChI is InChI=1S/C46H82N2O6/c1-5-7-9-11-13-15-17-19-21-23-25-27-29-31-33-35-44(49)52-40-43(41-53-46(51)48-38-42(39-48)37-47(3)4)54-45(50)36-34-32-30-28-26-24-22-20-18-16-14-12-10-8-6-2/h13,15,19-22,42-43H,5-12,14,16-18,23-41H2,1-4H3/b15-13-,21-19-,22-20-. The Morgan fingerprint density at radius 2 is 1.00 bits per heavy atom. The summed E-state index contributed by atoms with van der Waals surface area (Å²) in [4.78, 5) is 41.6. The van der Waals surface area contributed by atoms with Crippen molar-refractivity contribution in [2.45, 2.75) is 187 Å². The topological polar surface area (TPSA) is 85.4 Å². The fourth-order valence-corrected chi connectivity index (χ4v) is 6.65. The van der Waals surface area contributed by atoms with E-state index >= 15 is 0 Å². The number of hydrogen-bond acceptors (Lipinski definition) is 7. The van der Waals surface area contributed by atoms with Crippen LogP contribution in [0, 0.1) is 5.92 Å². The second-order valence-corrected chi connectivity index (χ2v) is 15.7. The van der Waals surface area contributed by atoms with Gasteiger partial charge in [0.25, 0.3) is 0 Å². The molecule has 8 nitrogen and oxygen atoms in total. The van der Waals surface area contributed by atoms with E-state index in [0.717, 1.165) is 83.6 Å². The van der Waals surface area contributed by atoms with Crippen molar-refractivity contribution in [3.8, 4) is 0 Å². The van der Waals surface area contributed by atoms with Gasteiger partial charge in [0.15, 0.2) is 6.10 Å². The molecule has 1 fully saturated rings. The molecular weight excluding hydrogens is 677 g/mol. The maximum Gasteiger partial charge on any atom is 0.409 e. The van der Waals surface area contributed by atoms with E-state index in [1.807, 2.05) is 14.1 Å². The van der Waals surface area contributed by atoms with Crippen LogP contribution in [0.2, 0.25) is 0 Å². The predicted octanol–water partition coefficient (Wildman–Crippen LogP) is 11.9. The molecule has 0 spiro atoms. The lowest BCUT2D eigenvalue weighted by Crippen LogP contribution is -2.53. The van der Waals surface area contributed by atoms with Gasteiger partial charge in [0.2, 0.25) is 0 Å². The number of allylic oxidation sites excluding steroid dienone is 6. The van der Waals surface area contributed by atoms with E-state index in [1.165, 1.54) is 77.0 Å². The Labute approximate surface area is 331 Å². The molecule has 0 aromatic heterocycles. The average Bonchev–Trinajstić information content (AvgIpc) is 3.13. The van der Waals surface area contributed by atoms with Gasteiger partial charge >= 0.3 is 18.0 Å². The molecule has 1 unspecified atom stereocenters. The lowest BCUT2D eigenvalue weighted by atomic mass is 10.0. The molecule has 0 bridgehead atoms. The molecule has 1 rings (SSSR count). The van der Waals surface area contributed by atoms with Crippen LogP contribution < -0.4 is 0 Å². The van der Waals surface area contributed by atoms with E-state index in [9.17, 15) is 14.4 Å². The van der Waals surface area contributed by atoms with Gasteiger partial charge in [-0.05, 0) is 84.7 Å². The van der Waals surface area contributed by atoms with Crippen molar-refractivity contribution >= 4 is 18.0 Å². The van der Waals surface area contributed by atoms with E-state index in [0.29, 0.717) is 31.8 Å². The number of nitrogens with zero attached hydrogens (tertiary/aromatic N) is 2. The molecule has 312 valence electrons. The minimum absolute atomic E-state index is 0.103. The Bertz CT molecular complexity index is 1000. The van der Waals surface area contributed by atoms with Gasteiger partial charge in [0.1, 0.15) is 13.2 Å². The molecule has 0 aromatic carbocycles. The second kappa shape index (κ2) is 36.1. The van der Waals surface area contributed by atoms with Gasteiger partial charge < -0.3 is 24.0 Å². The predicted molar refractivity (Wildman–Crippen MR) is 225 cm³/mol. The molecule has 0 aromatic rings. The molecule has 0 aliphatic carbocycles. The summed E-state index contributed by atoms with van der Waals surface area (Å²) in [6.07, 6.45) is 41.0. The maximum absolute atomic E-state index is 12.7. The lowest BCUT2D eigenvalue weighted by molar-refractivity contribution is -0.161. The summed E-state index contributed by atoms with van der Waals surface area (Å²) in [5.74, 6) is -0.212. The second-order valence-electron chi connectivity index (χ2n) is 15.7. The number of hydrogen-bond donors (Lipinski definition) is 0. The van der Waals surface area contributed by atoms with Crippen LogP contribution in [0.15, 0.2) is 36.5 Å². The number of amides is 1. The zero-order valence-corrected chi connectivity index (χ0v) is 35.4. The van der Waals surface area contributed by atoms with E-state index in [-0.39, 0.29) is 25.2 Å². The van der Waals surface area contributed by atoms with Gasteiger partial charge in [-0.25, -0.2) is 4.79 Å². The minimum atomic E-state index is -0.808. The monoisotopic (exact) mass is 759 g/mol. The Hall–Kier alpha value is -2.61. The Kier molecular flexibility index (Phi) is 33.0. The highest BCUT2D eigenvalue weighted by Gasteiger charge is 2.32. The molecule has 1 aliphatic rings. The average molecular weight is 759 g/mol. The van der Waals surface area contributed by atoms with Crippen LogP contribution in [-0.4, -0.2) is 80.9 Å². The maximum atomic E-state index is 12.7. The summed E-state index contributed by atoms with van der Waals surface area (Å²) in [7, 11) is 4.04. The third kappa shape index (κ3) is 30.7. The molecule has 0 saturated carbocycles. The SMILES string of the molecule is CCCCC/C=C\C/C=C\CCCCCCCC(=O)OCC(COC(=O)N1CC(CN(C)C)C1)OC(=O)CCCCCCC/C=C\CCCCCCCC. The Balaban J connectivity index is 2.27. The van der Waals surface area contributed by atoms with Crippen LogP contribution in [0.25, 0.3) is 0 Å². The molecule has 54 heavy (non-hydrogen) atoms. The molecule has 1 heterocycles. The van der Waals surface area contributed by atoms with Crippen molar-refractivity contribution in [1.82, 2.24) is 9.80 Å². The van der Waals surface area contributed by atoms with Crippen molar-refractivity contribution in [1.29, 1.82) is 0 Å². The fourth-order valence-electron chi connectivity index (χ4n) is 6.65. The first-order valence-corrected chi connectivity index (χ1v) is 22.2. The number of carbonyl (C=O) groups is 3. The molecule has 1 aliphatic heterocycles. The van der Waals surface area contributed by atoms with Crippen molar-refractivity contribution in [3.63, 3.8) is 0 Å². The normalized spacial score (nSPS) is 14.1. The Morgan fingerprint density at radius 3 is 1.54 bits per heavy atom. The summed E-state index contributed by atoms with van der Waals surface area (Å²) in [6.45, 7) is 6.49. The highest BCUT2D eigenvalue weighted by atomic mass is 16.6. The quantitative estimate of drug-likeness (QED) is 0.0272. The van der Waals surface area contributed by atoms with Gasteiger partial charge in [-0.3, -0.25) is 9.59 Å². The molecule has 0 N–H and O–H groups in total. The first kappa shape index (κ1) is 49.4. The van der Waals surface area contributed by atoms with Crippen molar-refractivity contribution < 1.29 is 28.6 Å². The van der Waals surface area contributed by atoms with Crippen LogP contribution in [0.5, 0.6) is 0 Å². The van der Waals surface area contributed by atoms with Gasteiger partial charge in [-0.2, -0.15) is 0 Å². The van der Waals surface area contributed by atoms with E-state index in [4.69, 9.17) is 14.2 Å². The number of esters is 2. The molecule has 1 amide bonds. The van der Waals surface area contributed by atoms with Gasteiger partial charge in [0, 0.05) is 38.4 Å². The summed E-state index contributed by atoms with van der Waals surface area (Å²) in [6, 6.07) is 0. The number of carbonyl (C=O) groups excluding carboxylic acids is 3. The van der Waals surface area contributed by atoms with Gasteiger partial charge in [0.05, 0.1) is 0 Å². The van der Waals surface area contributed by atoms with E-state index in [2.05, 4.69) is 55.2 Å². The number of unbranched alkanes of at least 4 members (excludes halogenated alkanes) is 19. The largest absolute Gasteiger partial charge is 0.462 e. The van der Waals surface area contributed by atoms with Crippen LogP contribution in [0.3, 0.4) is 0 Å². The first-order valence-electron chi connectivity index (χ1n) is 22.2. The first-order chi connectivity index (χ1) is 26.3. The van der Waals surface area contributed by atoms with Crippen molar-refractivity contribution in [2.75, 3.05) is 46.9 Å². The van der Waals surface area contributed by atoms with Gasteiger partial charge in [-0.15, -0.1) is 0 Å². The highest BCUT2D eigenvalue weighted by molar-refractivity contribution is 5.71. The molecule has 1 saturated heterocycles. The van der Waals surface area contributed by atoms with Crippen LogP contribution in [-0.2, 0) is 23.8 Å². The zero-order chi connectivity index (χ0) is 39.3. The van der Waals surface area contributed by atoms with E-state index < -0.39 is 12.2 Å². The van der Waals surface area contributed by atoms with Crippen LogP contribution in [0.4, 0.5) is 4.79 Å². The summed E-state index contributed by atoms with van der Waals surface area (Å²) in [5.41, 5.74) is 0. The lowest BCUT2D eigenvalue weighted by Gasteiger charge is -2.39. The van der Waals surface area contributed by atoms with Crippen molar-refractivity contribution in [3.05, 3.63) is 36.5 Å². The third-order valence-electron chi connectivity index (χ3n) is 9.93. The van der Waals surface area contributed by atoms with Crippen LogP contribution >= 0.6 is 0 Å². The number of likely N-dealkylation sites (tertiary alicyclic amines) is 1. The third-order valence-corrected chi connectivity index (χ3v) is 9.93.